The maximum atomic E-state index is 9.67. The van der Waals surface area contributed by atoms with Gasteiger partial charge in [-0.25, -0.2) is 0 Å². The molecule has 3 N–H and O–H groups in total. The van der Waals surface area contributed by atoms with Gasteiger partial charge in [-0.3, -0.25) is 4.99 Å². The Hall–Kier alpha value is -1.72. The summed E-state index contributed by atoms with van der Waals surface area (Å²) in [5.41, 5.74) is 5.97. The van der Waals surface area contributed by atoms with Gasteiger partial charge in [-0.2, -0.15) is 4.98 Å². The van der Waals surface area contributed by atoms with Crippen molar-refractivity contribution in [3.8, 4) is 5.88 Å². The molecule has 1 aromatic rings. The summed E-state index contributed by atoms with van der Waals surface area (Å²) in [6, 6.07) is 1.60. The Morgan fingerprint density at radius 3 is 2.78 bits per heavy atom. The van der Waals surface area contributed by atoms with Crippen LogP contribution in [0.1, 0.15) is 39.5 Å². The molecule has 0 atom stereocenters. The van der Waals surface area contributed by atoms with E-state index in [0.717, 1.165) is 30.4 Å². The minimum atomic E-state index is -0.0146. The molecular formula is C12H22N4O2. The molecule has 1 rings (SSSR count). The molecule has 0 bridgehead atoms. The molecule has 0 aliphatic rings. The first-order valence-corrected chi connectivity index (χ1v) is 6.41. The second-order valence-electron chi connectivity index (χ2n) is 4.06. The fourth-order valence-corrected chi connectivity index (χ4v) is 1.34. The van der Waals surface area contributed by atoms with E-state index in [1.54, 1.807) is 6.07 Å². The molecule has 0 unspecified atom stereocenters. The molecule has 1 aromatic heterocycles. The first-order chi connectivity index (χ1) is 8.69. The smallest absolute Gasteiger partial charge is 0.239 e. The van der Waals surface area contributed by atoms with Gasteiger partial charge in [-0.1, -0.05) is 26.7 Å². The number of ether oxygens (including phenoxy) is 1. The predicted octanol–water partition coefficient (Wildman–Crippen LogP) is 1.58. The van der Waals surface area contributed by atoms with Crippen molar-refractivity contribution >= 4 is 5.95 Å². The number of anilines is 1. The van der Waals surface area contributed by atoms with Crippen LogP contribution in [0.25, 0.3) is 0 Å². The highest BCUT2D eigenvalue weighted by atomic mass is 16.5. The van der Waals surface area contributed by atoms with Crippen molar-refractivity contribution in [3.63, 3.8) is 0 Å². The van der Waals surface area contributed by atoms with Crippen molar-refractivity contribution in [3.05, 3.63) is 11.6 Å². The van der Waals surface area contributed by atoms with Crippen LogP contribution in [0.5, 0.6) is 5.88 Å². The zero-order chi connectivity index (χ0) is 13.4. The minimum absolute atomic E-state index is 0.0146. The molecule has 0 aliphatic carbocycles. The van der Waals surface area contributed by atoms with Crippen LogP contribution in [-0.4, -0.2) is 28.1 Å². The number of aromatic nitrogens is 2. The number of hydrogen-bond acceptors (Lipinski definition) is 5. The van der Waals surface area contributed by atoms with Crippen LogP contribution in [0.3, 0.4) is 0 Å². The van der Waals surface area contributed by atoms with Crippen molar-refractivity contribution < 1.29 is 9.94 Å². The van der Waals surface area contributed by atoms with Crippen LogP contribution >= 0.6 is 0 Å². The maximum absolute atomic E-state index is 9.67. The van der Waals surface area contributed by atoms with Gasteiger partial charge in [0.1, 0.15) is 0 Å². The lowest BCUT2D eigenvalue weighted by atomic mass is 10.3. The van der Waals surface area contributed by atoms with Crippen molar-refractivity contribution in [2.24, 2.45) is 4.99 Å². The van der Waals surface area contributed by atoms with Gasteiger partial charge in [0.05, 0.1) is 6.61 Å². The van der Waals surface area contributed by atoms with Crippen molar-refractivity contribution in [2.45, 2.75) is 39.5 Å². The van der Waals surface area contributed by atoms with E-state index in [2.05, 4.69) is 23.8 Å². The monoisotopic (exact) mass is 254 g/mol. The molecule has 0 radical (unpaired) electrons. The highest BCUT2D eigenvalue weighted by molar-refractivity contribution is 5.21. The molecular weight excluding hydrogens is 232 g/mol. The Balaban J connectivity index is 2.85. The van der Waals surface area contributed by atoms with Gasteiger partial charge in [0.15, 0.2) is 5.49 Å². The lowest BCUT2D eigenvalue weighted by Gasteiger charge is -2.07. The quantitative estimate of drug-likeness (QED) is 0.571. The average molecular weight is 254 g/mol. The topological polar surface area (TPSA) is 85.7 Å². The predicted molar refractivity (Wildman–Crippen MR) is 69.6 cm³/mol. The molecule has 0 fully saturated rings. The first kappa shape index (κ1) is 14.3. The molecule has 0 aromatic carbocycles. The molecule has 102 valence electrons. The average Bonchev–Trinajstić information content (AvgIpc) is 2.35. The minimum Gasteiger partial charge on any atom is -0.477 e. The van der Waals surface area contributed by atoms with Crippen LogP contribution in [0.2, 0.25) is 0 Å². The Bertz CT molecular complexity index is 429. The lowest BCUT2D eigenvalue weighted by molar-refractivity contribution is 0.171. The molecule has 0 amide bonds. The second kappa shape index (κ2) is 7.58. The van der Waals surface area contributed by atoms with Gasteiger partial charge in [0.2, 0.25) is 11.8 Å². The van der Waals surface area contributed by atoms with Crippen LogP contribution in [0.4, 0.5) is 5.95 Å². The third-order valence-corrected chi connectivity index (χ3v) is 2.44. The molecule has 6 nitrogen and oxygen atoms in total. The number of nitrogens with zero attached hydrogens (tertiary/aromatic N) is 3. The molecule has 0 saturated heterocycles. The molecule has 0 aliphatic heterocycles. The SMILES string of the molecule is CCCCN=c1cc(OCCCC)nc(N)n1O. The number of unbranched alkanes of at least 4 members (excludes halogenated alkanes) is 2. The van der Waals surface area contributed by atoms with E-state index in [-0.39, 0.29) is 5.95 Å². The van der Waals surface area contributed by atoms with E-state index >= 15 is 0 Å². The van der Waals surface area contributed by atoms with Crippen LogP contribution < -0.4 is 16.0 Å². The van der Waals surface area contributed by atoms with E-state index in [4.69, 9.17) is 10.5 Å². The van der Waals surface area contributed by atoms with Crippen molar-refractivity contribution in [1.29, 1.82) is 0 Å². The van der Waals surface area contributed by atoms with E-state index in [9.17, 15) is 5.21 Å². The van der Waals surface area contributed by atoms with Crippen LogP contribution in [-0.2, 0) is 0 Å². The normalized spacial score (nSPS) is 11.8. The van der Waals surface area contributed by atoms with Gasteiger partial charge in [-0.05, 0) is 12.8 Å². The van der Waals surface area contributed by atoms with Gasteiger partial charge in [-0.15, -0.1) is 4.73 Å². The highest BCUT2D eigenvalue weighted by Crippen LogP contribution is 2.05. The fourth-order valence-electron chi connectivity index (χ4n) is 1.34. The Morgan fingerprint density at radius 2 is 2.11 bits per heavy atom. The number of nitrogens with two attached hydrogens (primary N) is 1. The first-order valence-electron chi connectivity index (χ1n) is 6.41. The van der Waals surface area contributed by atoms with E-state index in [0.29, 0.717) is 24.5 Å². The van der Waals surface area contributed by atoms with Crippen LogP contribution in [0.15, 0.2) is 11.1 Å². The Labute approximate surface area is 107 Å². The molecule has 1 heterocycles. The largest absolute Gasteiger partial charge is 0.477 e. The van der Waals surface area contributed by atoms with Gasteiger partial charge in [0, 0.05) is 12.6 Å². The third-order valence-electron chi connectivity index (χ3n) is 2.44. The maximum Gasteiger partial charge on any atom is 0.239 e. The summed E-state index contributed by atoms with van der Waals surface area (Å²) >= 11 is 0. The second-order valence-corrected chi connectivity index (χ2v) is 4.06. The zero-order valence-corrected chi connectivity index (χ0v) is 11.1. The van der Waals surface area contributed by atoms with Crippen molar-refractivity contribution in [2.75, 3.05) is 18.9 Å². The Morgan fingerprint density at radius 1 is 1.39 bits per heavy atom. The molecule has 6 heteroatoms. The fraction of sp³-hybridized carbons (Fsp3) is 0.667. The molecule has 0 spiro atoms. The van der Waals surface area contributed by atoms with E-state index < -0.39 is 0 Å². The van der Waals surface area contributed by atoms with Gasteiger partial charge >= 0.3 is 0 Å². The lowest BCUT2D eigenvalue weighted by Crippen LogP contribution is -2.24. The van der Waals surface area contributed by atoms with Gasteiger partial charge < -0.3 is 15.7 Å². The molecule has 0 saturated carbocycles. The van der Waals surface area contributed by atoms with Crippen molar-refractivity contribution in [1.82, 2.24) is 9.71 Å². The summed E-state index contributed by atoms with van der Waals surface area (Å²) in [7, 11) is 0. The number of hydrogen-bond donors (Lipinski definition) is 2. The zero-order valence-electron chi connectivity index (χ0n) is 11.1. The number of nitrogen functional groups attached to an aromatic ring is 1. The number of rotatable bonds is 7. The van der Waals surface area contributed by atoms with E-state index in [1.165, 1.54) is 0 Å². The summed E-state index contributed by atoms with van der Waals surface area (Å²) in [5.74, 6) is 0.390. The van der Waals surface area contributed by atoms with E-state index in [1.807, 2.05) is 0 Å². The summed E-state index contributed by atoms with van der Waals surface area (Å²) in [6.07, 6.45) is 4.03. The molecule has 18 heavy (non-hydrogen) atoms. The Kier molecular flexibility index (Phi) is 6.04. The van der Waals surface area contributed by atoms with Gasteiger partial charge in [0.25, 0.3) is 0 Å². The third kappa shape index (κ3) is 4.27. The summed E-state index contributed by atoms with van der Waals surface area (Å²) in [6.45, 7) is 5.41. The summed E-state index contributed by atoms with van der Waals surface area (Å²) in [4.78, 5) is 8.20. The standard InChI is InChI=1S/C12H22N4O2/c1-3-5-7-14-10-9-11(18-8-6-4-2)15-12(13)16(10)17/h9,17H,3-8H2,1-2H3,(H2,13,15). The van der Waals surface area contributed by atoms with Crippen LogP contribution in [0, 0.1) is 0 Å². The summed E-state index contributed by atoms with van der Waals surface area (Å²) in [5, 5.41) is 9.67. The summed E-state index contributed by atoms with van der Waals surface area (Å²) < 4.78 is 6.23. The highest BCUT2D eigenvalue weighted by Gasteiger charge is 2.03.